The fraction of sp³-hybridized carbons (Fsp3) is 0.623. The Labute approximate surface area is 427 Å². The Balaban J connectivity index is 4.45. The van der Waals surface area contributed by atoms with Crippen LogP contribution >= 0.6 is 0 Å². The summed E-state index contributed by atoms with van der Waals surface area (Å²) in [6.07, 6.45) is 68.1. The normalized spacial score (nSPS) is 13.8. The number of esters is 2. The van der Waals surface area contributed by atoms with E-state index in [0.29, 0.717) is 17.4 Å². The first-order valence-electron chi connectivity index (χ1n) is 27.2. The molecule has 0 aromatic carbocycles. The van der Waals surface area contributed by atoms with E-state index in [0.717, 1.165) is 103 Å². The first-order valence-corrected chi connectivity index (χ1v) is 27.2. The van der Waals surface area contributed by atoms with Gasteiger partial charge < -0.3 is 33.3 Å². The fourth-order valence-corrected chi connectivity index (χ4v) is 6.76. The Morgan fingerprint density at radius 2 is 0.814 bits per heavy atom. The lowest BCUT2D eigenvalue weighted by molar-refractivity contribution is -0.870. The lowest BCUT2D eigenvalue weighted by Crippen LogP contribution is -2.44. The van der Waals surface area contributed by atoms with Crippen LogP contribution in [-0.4, -0.2) is 82.3 Å². The number of likely N-dealkylation sites (N-methyl/N-ethyl adjacent to an activating group) is 1. The zero-order valence-corrected chi connectivity index (χ0v) is 44.8. The molecule has 0 fully saturated rings. The third-order valence-electron chi connectivity index (χ3n) is 10.9. The van der Waals surface area contributed by atoms with Gasteiger partial charge in [-0.05, 0) is 109 Å². The highest BCUT2D eigenvalue weighted by Crippen LogP contribution is 2.13. The lowest BCUT2D eigenvalue weighted by atomic mass is 10.1. The molecule has 9 heteroatoms. The van der Waals surface area contributed by atoms with Gasteiger partial charge in [0, 0.05) is 12.8 Å². The number of nitrogens with zero attached hydrogens (tertiary/aromatic N) is 1. The van der Waals surface area contributed by atoms with Gasteiger partial charge in [-0.2, -0.15) is 0 Å². The van der Waals surface area contributed by atoms with E-state index in [1.807, 2.05) is 21.1 Å². The zero-order chi connectivity index (χ0) is 51.3. The molecule has 0 saturated carbocycles. The van der Waals surface area contributed by atoms with Crippen LogP contribution in [0.1, 0.15) is 187 Å². The van der Waals surface area contributed by atoms with E-state index in [9.17, 15) is 19.5 Å². The largest absolute Gasteiger partial charge is 0.545 e. The van der Waals surface area contributed by atoms with Crippen LogP contribution in [0.4, 0.5) is 0 Å². The van der Waals surface area contributed by atoms with Crippen molar-refractivity contribution in [2.45, 2.75) is 200 Å². The predicted molar refractivity (Wildman–Crippen MR) is 292 cm³/mol. The monoisotopic (exact) mass is 974 g/mol. The standard InChI is InChI=1S/C61H99NO8/c1-6-8-10-12-14-16-18-20-22-24-26-27-28-29-30-31-32-33-34-36-38-40-42-44-46-48-50-52-59(64)70-57(56-69-61(60(65)66)67-54-53-62(3,4)5)55-68-58(63)51-49-47-45-43-41-39-37-35-25-23-21-19-17-15-13-11-9-7-2/h8,10,14,16-17,19-20,22-23,25-27,29-30,32-33,36,38,42,44,57,61H,6-7,9,11-13,15,18,21,24,28,31,34-35,37,39-41,43,45-56H2,1-5H3/b10-8-,16-14-,19-17-,22-20-,25-23-,27-26-,30-29-,33-32-,38-36-,44-42-. The number of rotatable bonds is 48. The molecular formula is C61H99NO8. The van der Waals surface area contributed by atoms with Crippen molar-refractivity contribution in [3.8, 4) is 0 Å². The van der Waals surface area contributed by atoms with Gasteiger partial charge in [-0.25, -0.2) is 0 Å². The van der Waals surface area contributed by atoms with Gasteiger partial charge in [-0.15, -0.1) is 0 Å². The molecule has 9 nitrogen and oxygen atoms in total. The van der Waals surface area contributed by atoms with E-state index < -0.39 is 24.3 Å². The predicted octanol–water partition coefficient (Wildman–Crippen LogP) is 14.4. The van der Waals surface area contributed by atoms with Crippen molar-refractivity contribution in [3.05, 3.63) is 122 Å². The van der Waals surface area contributed by atoms with Crippen LogP contribution in [0, 0.1) is 0 Å². The summed E-state index contributed by atoms with van der Waals surface area (Å²) in [5.41, 5.74) is 0. The summed E-state index contributed by atoms with van der Waals surface area (Å²) in [7, 11) is 5.89. The second-order valence-electron chi connectivity index (χ2n) is 18.8. The Morgan fingerprint density at radius 3 is 1.24 bits per heavy atom. The summed E-state index contributed by atoms with van der Waals surface area (Å²) in [6.45, 7) is 4.53. The summed E-state index contributed by atoms with van der Waals surface area (Å²) in [6, 6.07) is 0. The van der Waals surface area contributed by atoms with Crippen molar-refractivity contribution < 1.29 is 42.9 Å². The number of aliphatic carboxylic acids is 1. The molecule has 0 amide bonds. The van der Waals surface area contributed by atoms with Gasteiger partial charge in [0.25, 0.3) is 0 Å². The number of carboxylic acid groups (broad SMARTS) is 1. The van der Waals surface area contributed by atoms with Gasteiger partial charge in [0.05, 0.1) is 40.3 Å². The highest BCUT2D eigenvalue weighted by atomic mass is 16.7. The zero-order valence-electron chi connectivity index (χ0n) is 44.8. The summed E-state index contributed by atoms with van der Waals surface area (Å²) in [5, 5.41) is 11.8. The third-order valence-corrected chi connectivity index (χ3v) is 10.9. The van der Waals surface area contributed by atoms with Crippen LogP contribution in [0.15, 0.2) is 122 Å². The van der Waals surface area contributed by atoms with E-state index in [1.165, 1.54) is 51.4 Å². The van der Waals surface area contributed by atoms with Crippen LogP contribution in [-0.2, 0) is 33.3 Å². The minimum atomic E-state index is -1.64. The molecular weight excluding hydrogens is 875 g/mol. The average molecular weight is 974 g/mol. The van der Waals surface area contributed by atoms with Gasteiger partial charge in [0.1, 0.15) is 13.2 Å². The molecule has 0 aliphatic heterocycles. The van der Waals surface area contributed by atoms with E-state index in [-0.39, 0.29) is 38.6 Å². The number of ether oxygens (including phenoxy) is 4. The molecule has 0 aliphatic carbocycles. The lowest BCUT2D eigenvalue weighted by Gasteiger charge is -2.26. The van der Waals surface area contributed by atoms with Crippen molar-refractivity contribution in [3.63, 3.8) is 0 Å². The SMILES string of the molecule is CC/C=C\C/C=C\C/C=C\C/C=C\C/C=C\C/C=C\C/C=C\C/C=C\CCCCC(=O)OC(COC(=O)CCCCCCCCC/C=C\C/C=C\CCCCCC)COC(OCC[N+](C)(C)C)C(=O)[O-]. The summed E-state index contributed by atoms with van der Waals surface area (Å²) >= 11 is 0. The molecule has 0 saturated heterocycles. The number of allylic oxidation sites excluding steroid dienone is 20. The van der Waals surface area contributed by atoms with Crippen molar-refractivity contribution in [2.75, 3.05) is 47.5 Å². The quantitative estimate of drug-likeness (QED) is 0.0195. The van der Waals surface area contributed by atoms with Crippen molar-refractivity contribution in [1.29, 1.82) is 0 Å². The van der Waals surface area contributed by atoms with E-state index in [4.69, 9.17) is 18.9 Å². The third kappa shape index (κ3) is 51.5. The maximum absolute atomic E-state index is 12.8. The number of unbranched alkanes of at least 4 members (excludes halogenated alkanes) is 13. The van der Waals surface area contributed by atoms with Gasteiger partial charge in [0.2, 0.25) is 0 Å². The summed E-state index contributed by atoms with van der Waals surface area (Å²) < 4.78 is 22.6. The Morgan fingerprint density at radius 1 is 0.443 bits per heavy atom. The molecule has 0 aliphatic rings. The van der Waals surface area contributed by atoms with Gasteiger partial charge >= 0.3 is 11.9 Å². The molecule has 0 radical (unpaired) electrons. The number of carboxylic acids is 1. The summed E-state index contributed by atoms with van der Waals surface area (Å²) in [5.74, 6) is -2.37. The molecule has 0 spiro atoms. The van der Waals surface area contributed by atoms with Crippen LogP contribution in [0.25, 0.3) is 0 Å². The molecule has 0 N–H and O–H groups in total. The Hall–Kier alpha value is -4.31. The second kappa shape index (κ2) is 51.1. The van der Waals surface area contributed by atoms with E-state index >= 15 is 0 Å². The first-order chi connectivity index (χ1) is 34.1. The number of hydrogen-bond donors (Lipinski definition) is 0. The summed E-state index contributed by atoms with van der Waals surface area (Å²) in [4.78, 5) is 37.2. The Bertz CT molecular complexity index is 1560. The molecule has 0 aromatic heterocycles. The number of carbonyl (C=O) groups is 3. The molecule has 396 valence electrons. The minimum absolute atomic E-state index is 0.130. The molecule has 2 unspecified atom stereocenters. The highest BCUT2D eigenvalue weighted by molar-refractivity contribution is 5.70. The molecule has 0 heterocycles. The van der Waals surface area contributed by atoms with Crippen molar-refractivity contribution in [2.24, 2.45) is 0 Å². The smallest absolute Gasteiger partial charge is 0.306 e. The van der Waals surface area contributed by atoms with Gasteiger partial charge in [0.15, 0.2) is 12.4 Å². The number of carbonyl (C=O) groups excluding carboxylic acids is 3. The molecule has 70 heavy (non-hydrogen) atoms. The van der Waals surface area contributed by atoms with Gasteiger partial charge in [-0.3, -0.25) is 9.59 Å². The van der Waals surface area contributed by atoms with Crippen LogP contribution in [0.2, 0.25) is 0 Å². The van der Waals surface area contributed by atoms with Crippen LogP contribution in [0.5, 0.6) is 0 Å². The number of hydrogen-bond acceptors (Lipinski definition) is 8. The van der Waals surface area contributed by atoms with E-state index in [2.05, 4.69) is 135 Å². The van der Waals surface area contributed by atoms with Crippen LogP contribution < -0.4 is 5.11 Å². The van der Waals surface area contributed by atoms with Crippen LogP contribution in [0.3, 0.4) is 0 Å². The highest BCUT2D eigenvalue weighted by Gasteiger charge is 2.21. The maximum Gasteiger partial charge on any atom is 0.306 e. The first kappa shape index (κ1) is 65.7. The Kier molecular flexibility index (Phi) is 47.9. The minimum Gasteiger partial charge on any atom is -0.545 e. The van der Waals surface area contributed by atoms with Gasteiger partial charge in [-0.1, -0.05) is 187 Å². The molecule has 0 aromatic rings. The molecule has 0 rings (SSSR count). The molecule has 2 atom stereocenters. The number of quaternary nitrogens is 1. The fourth-order valence-electron chi connectivity index (χ4n) is 6.76. The maximum atomic E-state index is 12.8. The second-order valence-corrected chi connectivity index (χ2v) is 18.8. The average Bonchev–Trinajstić information content (AvgIpc) is 3.33. The van der Waals surface area contributed by atoms with Crippen molar-refractivity contribution in [1.82, 2.24) is 0 Å². The topological polar surface area (TPSA) is 111 Å². The van der Waals surface area contributed by atoms with Crippen molar-refractivity contribution >= 4 is 17.9 Å². The molecule has 0 bridgehead atoms. The van der Waals surface area contributed by atoms with E-state index in [1.54, 1.807) is 0 Å².